The fourth-order valence-electron chi connectivity index (χ4n) is 1.75. The van der Waals surface area contributed by atoms with E-state index in [0.717, 1.165) is 12.0 Å². The summed E-state index contributed by atoms with van der Waals surface area (Å²) in [5.74, 6) is 0.906. The maximum absolute atomic E-state index is 3.35. The van der Waals surface area contributed by atoms with Crippen molar-refractivity contribution in [2.45, 2.75) is 52.5 Å². The molecule has 1 N–H and O–H groups in total. The zero-order valence-electron chi connectivity index (χ0n) is 8.48. The molecule has 0 unspecified atom stereocenters. The molecule has 68 valence electrons. The summed E-state index contributed by atoms with van der Waals surface area (Å²) in [6, 6.07) is 0.804. The number of nitrogens with one attached hydrogen (secondary N) is 1. The molecule has 0 amide bonds. The summed E-state index contributed by atoms with van der Waals surface area (Å²) in [4.78, 5) is 0. The van der Waals surface area contributed by atoms with Gasteiger partial charge in [0, 0.05) is 6.04 Å². The van der Waals surface area contributed by atoms with Crippen molar-refractivity contribution in [1.29, 1.82) is 0 Å². The summed E-state index contributed by atoms with van der Waals surface area (Å²) in [7, 11) is 2.08. The lowest BCUT2D eigenvalue weighted by molar-refractivity contribution is 0.294. The molecule has 1 rings (SSSR count). The molecule has 1 saturated carbocycles. The van der Waals surface area contributed by atoms with E-state index >= 15 is 0 Å². The van der Waals surface area contributed by atoms with E-state index in [4.69, 9.17) is 0 Å². The molecule has 0 aromatic rings. The minimum atomic E-state index is 0.804. The summed E-state index contributed by atoms with van der Waals surface area (Å²) < 4.78 is 0. The SMILES string of the molecule is CC.CN[C@@H]1CCCC[C@H]1C. The van der Waals surface area contributed by atoms with E-state index in [9.17, 15) is 0 Å². The highest BCUT2D eigenvalue weighted by Crippen LogP contribution is 2.22. The lowest BCUT2D eigenvalue weighted by atomic mass is 9.86. The predicted molar refractivity (Wildman–Crippen MR) is 51.8 cm³/mol. The Hall–Kier alpha value is -0.0400. The highest BCUT2D eigenvalue weighted by molar-refractivity contribution is 4.75. The second-order valence-electron chi connectivity index (χ2n) is 3.16. The molecule has 0 bridgehead atoms. The zero-order valence-corrected chi connectivity index (χ0v) is 8.48. The van der Waals surface area contributed by atoms with Gasteiger partial charge in [0.05, 0.1) is 0 Å². The van der Waals surface area contributed by atoms with Crippen molar-refractivity contribution >= 4 is 0 Å². The lowest BCUT2D eigenvalue weighted by Crippen LogP contribution is -2.34. The van der Waals surface area contributed by atoms with Crippen LogP contribution < -0.4 is 5.32 Å². The Morgan fingerprint density at radius 3 is 2.00 bits per heavy atom. The molecule has 11 heavy (non-hydrogen) atoms. The Balaban J connectivity index is 0.000000461. The Morgan fingerprint density at radius 1 is 1.09 bits per heavy atom. The first-order chi connectivity index (χ1) is 5.34. The Morgan fingerprint density at radius 2 is 1.64 bits per heavy atom. The van der Waals surface area contributed by atoms with Gasteiger partial charge in [-0.3, -0.25) is 0 Å². The van der Waals surface area contributed by atoms with Crippen molar-refractivity contribution in [3.63, 3.8) is 0 Å². The van der Waals surface area contributed by atoms with E-state index in [2.05, 4.69) is 19.3 Å². The normalized spacial score (nSPS) is 30.5. The van der Waals surface area contributed by atoms with Crippen molar-refractivity contribution in [1.82, 2.24) is 5.32 Å². The number of hydrogen-bond acceptors (Lipinski definition) is 1. The zero-order chi connectivity index (χ0) is 8.69. The van der Waals surface area contributed by atoms with E-state index in [0.29, 0.717) is 0 Å². The first-order valence-electron chi connectivity index (χ1n) is 5.02. The molecule has 1 aliphatic rings. The molecule has 1 aliphatic carbocycles. The molecule has 0 aromatic carbocycles. The van der Waals surface area contributed by atoms with Crippen molar-refractivity contribution < 1.29 is 0 Å². The van der Waals surface area contributed by atoms with Gasteiger partial charge < -0.3 is 5.32 Å². The van der Waals surface area contributed by atoms with Crippen LogP contribution in [0, 0.1) is 5.92 Å². The molecule has 0 spiro atoms. The van der Waals surface area contributed by atoms with Crippen molar-refractivity contribution in [2.75, 3.05) is 7.05 Å². The summed E-state index contributed by atoms with van der Waals surface area (Å²) in [5.41, 5.74) is 0. The van der Waals surface area contributed by atoms with Gasteiger partial charge in [0.15, 0.2) is 0 Å². The smallest absolute Gasteiger partial charge is 0.00896 e. The monoisotopic (exact) mass is 157 g/mol. The number of rotatable bonds is 1. The van der Waals surface area contributed by atoms with E-state index in [1.165, 1.54) is 25.7 Å². The van der Waals surface area contributed by atoms with Crippen molar-refractivity contribution in [3.05, 3.63) is 0 Å². The molecule has 0 saturated heterocycles. The standard InChI is InChI=1S/C8H17N.C2H6/c1-7-5-3-4-6-8(7)9-2;1-2/h7-9H,3-6H2,1-2H3;1-2H3/t7-,8-;/m1./s1. The summed E-state index contributed by atoms with van der Waals surface area (Å²) in [6.07, 6.45) is 5.68. The highest BCUT2D eigenvalue weighted by Gasteiger charge is 2.18. The summed E-state index contributed by atoms with van der Waals surface area (Å²) in [5, 5.41) is 3.35. The van der Waals surface area contributed by atoms with Crippen LogP contribution >= 0.6 is 0 Å². The third kappa shape index (κ3) is 3.76. The van der Waals surface area contributed by atoms with Crippen LogP contribution in [0.5, 0.6) is 0 Å². The van der Waals surface area contributed by atoms with E-state index in [1.807, 2.05) is 13.8 Å². The van der Waals surface area contributed by atoms with E-state index in [1.54, 1.807) is 0 Å². The van der Waals surface area contributed by atoms with Crippen molar-refractivity contribution in [3.8, 4) is 0 Å². The fraction of sp³-hybridized carbons (Fsp3) is 1.00. The highest BCUT2D eigenvalue weighted by atomic mass is 14.9. The molecule has 2 atom stereocenters. The van der Waals surface area contributed by atoms with E-state index < -0.39 is 0 Å². The van der Waals surface area contributed by atoms with Crippen LogP contribution in [-0.4, -0.2) is 13.1 Å². The van der Waals surface area contributed by atoms with Gasteiger partial charge in [0.2, 0.25) is 0 Å². The average Bonchev–Trinajstić information content (AvgIpc) is 2.09. The number of hydrogen-bond donors (Lipinski definition) is 1. The van der Waals surface area contributed by atoms with E-state index in [-0.39, 0.29) is 0 Å². The molecular weight excluding hydrogens is 134 g/mol. The molecule has 1 heteroatoms. The van der Waals surface area contributed by atoms with Gasteiger partial charge >= 0.3 is 0 Å². The maximum Gasteiger partial charge on any atom is 0.00896 e. The molecule has 0 aliphatic heterocycles. The lowest BCUT2D eigenvalue weighted by Gasteiger charge is -2.27. The molecule has 1 fully saturated rings. The predicted octanol–water partition coefficient (Wildman–Crippen LogP) is 2.81. The first kappa shape index (κ1) is 11.0. The largest absolute Gasteiger partial charge is 0.317 e. The van der Waals surface area contributed by atoms with Crippen LogP contribution in [0.1, 0.15) is 46.5 Å². The summed E-state index contributed by atoms with van der Waals surface area (Å²) in [6.45, 7) is 6.35. The average molecular weight is 157 g/mol. The Labute approximate surface area is 71.6 Å². The topological polar surface area (TPSA) is 12.0 Å². The summed E-state index contributed by atoms with van der Waals surface area (Å²) >= 11 is 0. The second kappa shape index (κ2) is 6.66. The van der Waals surface area contributed by atoms with Crippen LogP contribution in [-0.2, 0) is 0 Å². The molecule has 0 radical (unpaired) electrons. The minimum Gasteiger partial charge on any atom is -0.317 e. The molecular formula is C10H23N. The van der Waals surface area contributed by atoms with Gasteiger partial charge in [-0.15, -0.1) is 0 Å². The van der Waals surface area contributed by atoms with Crippen LogP contribution in [0.3, 0.4) is 0 Å². The Bertz CT molecular complexity index is 80.9. The van der Waals surface area contributed by atoms with Crippen LogP contribution in [0.2, 0.25) is 0 Å². The Kier molecular flexibility index (Phi) is 6.63. The first-order valence-corrected chi connectivity index (χ1v) is 5.02. The van der Waals surface area contributed by atoms with Gasteiger partial charge in [-0.05, 0) is 25.8 Å². The quantitative estimate of drug-likeness (QED) is 0.617. The maximum atomic E-state index is 3.35. The minimum absolute atomic E-state index is 0.804. The van der Waals surface area contributed by atoms with Crippen LogP contribution in [0.25, 0.3) is 0 Å². The van der Waals surface area contributed by atoms with Crippen LogP contribution in [0.15, 0.2) is 0 Å². The third-order valence-corrected chi connectivity index (χ3v) is 2.48. The molecule has 0 aromatic heterocycles. The third-order valence-electron chi connectivity index (χ3n) is 2.48. The van der Waals surface area contributed by atoms with Gasteiger partial charge in [0.1, 0.15) is 0 Å². The second-order valence-corrected chi connectivity index (χ2v) is 3.16. The van der Waals surface area contributed by atoms with Gasteiger partial charge in [-0.25, -0.2) is 0 Å². The molecule has 0 heterocycles. The molecule has 1 nitrogen and oxygen atoms in total. The fourth-order valence-corrected chi connectivity index (χ4v) is 1.75. The van der Waals surface area contributed by atoms with Crippen molar-refractivity contribution in [2.24, 2.45) is 5.92 Å². The van der Waals surface area contributed by atoms with Gasteiger partial charge in [-0.1, -0.05) is 33.6 Å². The van der Waals surface area contributed by atoms with Gasteiger partial charge in [0.25, 0.3) is 0 Å². The van der Waals surface area contributed by atoms with Crippen LogP contribution in [0.4, 0.5) is 0 Å². The van der Waals surface area contributed by atoms with Gasteiger partial charge in [-0.2, -0.15) is 0 Å².